The molecule has 0 saturated carbocycles. The minimum absolute atomic E-state index is 0.175. The van der Waals surface area contributed by atoms with Crippen LogP contribution in [0, 0.1) is 0 Å². The molecular formula is C33H28N2O6. The van der Waals surface area contributed by atoms with Crippen LogP contribution in [0.25, 0.3) is 10.9 Å². The van der Waals surface area contributed by atoms with Gasteiger partial charge in [-0.25, -0.2) is 14.2 Å². The lowest BCUT2D eigenvalue weighted by atomic mass is 9.98. The van der Waals surface area contributed by atoms with E-state index in [2.05, 4.69) is 0 Å². The first-order valence-electron chi connectivity index (χ1n) is 13.0. The first-order valence-corrected chi connectivity index (χ1v) is 13.0. The highest BCUT2D eigenvalue weighted by Gasteiger charge is 2.23. The maximum atomic E-state index is 14.1. The summed E-state index contributed by atoms with van der Waals surface area (Å²) in [6.07, 6.45) is 3.56. The Hall–Kier alpha value is -5.37. The Morgan fingerprint density at radius 3 is 2.02 bits per heavy atom. The van der Waals surface area contributed by atoms with Crippen molar-refractivity contribution in [2.45, 2.75) is 12.6 Å². The summed E-state index contributed by atoms with van der Waals surface area (Å²) >= 11 is 0. The van der Waals surface area contributed by atoms with Gasteiger partial charge in [-0.2, -0.15) is 0 Å². The number of benzene rings is 4. The number of nitrogens with zero attached hydrogens (tertiary/aromatic N) is 2. The van der Waals surface area contributed by atoms with Crippen molar-refractivity contribution in [3.8, 4) is 11.5 Å². The number of hydrogen-bond acceptors (Lipinski definition) is 5. The van der Waals surface area contributed by atoms with Gasteiger partial charge in [-0.05, 0) is 53.6 Å². The predicted molar refractivity (Wildman–Crippen MR) is 157 cm³/mol. The Labute approximate surface area is 236 Å². The second kappa shape index (κ2) is 12.2. The summed E-state index contributed by atoms with van der Waals surface area (Å²) < 4.78 is 13.9. The molecule has 206 valence electrons. The van der Waals surface area contributed by atoms with Crippen LogP contribution < -0.4 is 20.7 Å². The van der Waals surface area contributed by atoms with Gasteiger partial charge in [0.15, 0.2) is 0 Å². The highest BCUT2D eigenvalue weighted by atomic mass is 16.5. The van der Waals surface area contributed by atoms with Gasteiger partial charge in [-0.15, -0.1) is 0 Å². The molecule has 8 nitrogen and oxygen atoms in total. The van der Waals surface area contributed by atoms with E-state index in [9.17, 15) is 14.4 Å². The molecule has 8 heteroatoms. The first kappa shape index (κ1) is 27.2. The van der Waals surface area contributed by atoms with Gasteiger partial charge in [-0.1, -0.05) is 66.7 Å². The van der Waals surface area contributed by atoms with Crippen LogP contribution in [-0.2, 0) is 6.54 Å². The number of ether oxygens (including phenoxy) is 2. The van der Waals surface area contributed by atoms with Gasteiger partial charge in [-0.3, -0.25) is 9.36 Å². The van der Waals surface area contributed by atoms with Crippen molar-refractivity contribution in [1.82, 2.24) is 9.13 Å². The number of carbonyl (C=O) groups is 1. The molecule has 5 rings (SSSR count). The van der Waals surface area contributed by atoms with Gasteiger partial charge >= 0.3 is 11.7 Å². The summed E-state index contributed by atoms with van der Waals surface area (Å²) in [5, 5.41) is 9.45. The van der Waals surface area contributed by atoms with Gasteiger partial charge in [0.25, 0.3) is 5.56 Å². The number of methoxy groups -OCH3 is 1. The summed E-state index contributed by atoms with van der Waals surface area (Å²) in [6.45, 7) is 0.388. The molecule has 0 aliphatic rings. The van der Waals surface area contributed by atoms with Gasteiger partial charge in [0.05, 0.1) is 29.6 Å². The normalized spacial score (nSPS) is 11.3. The van der Waals surface area contributed by atoms with Gasteiger partial charge in [0.2, 0.25) is 0 Å². The maximum Gasteiger partial charge on any atom is 0.335 e. The van der Waals surface area contributed by atoms with E-state index >= 15 is 0 Å². The molecule has 0 saturated heterocycles. The van der Waals surface area contributed by atoms with E-state index in [1.165, 1.54) is 23.8 Å². The van der Waals surface area contributed by atoms with Gasteiger partial charge < -0.3 is 14.6 Å². The monoisotopic (exact) mass is 548 g/mol. The molecular weight excluding hydrogens is 520 g/mol. The average Bonchev–Trinajstić information content (AvgIpc) is 3.01. The summed E-state index contributed by atoms with van der Waals surface area (Å²) in [5.74, 6) is 0.0468. The van der Waals surface area contributed by atoms with E-state index in [0.717, 1.165) is 11.1 Å². The third-order valence-electron chi connectivity index (χ3n) is 6.77. The van der Waals surface area contributed by atoms with Crippen LogP contribution in [0.1, 0.15) is 27.5 Å². The zero-order valence-electron chi connectivity index (χ0n) is 22.3. The van der Waals surface area contributed by atoms with Gasteiger partial charge in [0, 0.05) is 12.6 Å². The van der Waals surface area contributed by atoms with E-state index in [4.69, 9.17) is 14.6 Å². The summed E-state index contributed by atoms with van der Waals surface area (Å²) in [6, 6.07) is 29.6. The zero-order chi connectivity index (χ0) is 28.8. The van der Waals surface area contributed by atoms with Gasteiger partial charge in [0.1, 0.15) is 18.1 Å². The Kier molecular flexibility index (Phi) is 8.10. The number of carboxylic acid groups (broad SMARTS) is 1. The molecule has 1 aromatic heterocycles. The second-order valence-electron chi connectivity index (χ2n) is 9.29. The van der Waals surface area contributed by atoms with Crippen LogP contribution in [0.15, 0.2) is 125 Å². The summed E-state index contributed by atoms with van der Waals surface area (Å²) in [4.78, 5) is 39.1. The highest BCUT2D eigenvalue weighted by Crippen LogP contribution is 2.26. The van der Waals surface area contributed by atoms with Crippen LogP contribution in [0.5, 0.6) is 11.5 Å². The number of hydrogen-bond donors (Lipinski definition) is 1. The first-order chi connectivity index (χ1) is 20.0. The molecule has 0 amide bonds. The van der Waals surface area contributed by atoms with Crippen molar-refractivity contribution in [3.05, 3.63) is 153 Å². The van der Waals surface area contributed by atoms with Crippen molar-refractivity contribution in [2.24, 2.45) is 0 Å². The standard InChI is InChI=1S/C33H28N2O6/c1-40-27-18-19-28-29(22-27)34(20-8-9-21-41-26-16-14-25(15-17-26)32(37)38)33(39)35(31(28)36)30(23-10-4-2-5-11-23)24-12-6-3-7-13-24/h2-19,22,30H,20-21H2,1H3,(H,37,38)/b9-8+. The lowest BCUT2D eigenvalue weighted by Crippen LogP contribution is -2.43. The minimum atomic E-state index is -1.01. The van der Waals surface area contributed by atoms with E-state index < -0.39 is 23.3 Å². The molecule has 0 fully saturated rings. The highest BCUT2D eigenvalue weighted by molar-refractivity contribution is 5.87. The van der Waals surface area contributed by atoms with E-state index in [0.29, 0.717) is 22.4 Å². The molecule has 5 aromatic rings. The fraction of sp³-hybridized carbons (Fsp3) is 0.121. The van der Waals surface area contributed by atoms with Crippen molar-refractivity contribution in [2.75, 3.05) is 13.7 Å². The summed E-state index contributed by atoms with van der Waals surface area (Å²) in [7, 11) is 1.53. The molecule has 0 unspecified atom stereocenters. The number of fused-ring (bicyclic) bond motifs is 1. The van der Waals surface area contributed by atoms with Crippen molar-refractivity contribution < 1.29 is 19.4 Å². The van der Waals surface area contributed by atoms with Crippen LogP contribution in [-0.4, -0.2) is 33.9 Å². The number of aromatic carboxylic acids is 1. The minimum Gasteiger partial charge on any atom is -0.497 e. The Morgan fingerprint density at radius 1 is 0.829 bits per heavy atom. The second-order valence-corrected chi connectivity index (χ2v) is 9.29. The number of carboxylic acids is 1. The molecule has 1 N–H and O–H groups in total. The Morgan fingerprint density at radius 2 is 1.44 bits per heavy atom. The Balaban J connectivity index is 1.55. The van der Waals surface area contributed by atoms with Crippen LogP contribution in [0.2, 0.25) is 0 Å². The van der Waals surface area contributed by atoms with E-state index in [-0.39, 0.29) is 18.7 Å². The number of rotatable bonds is 10. The number of aromatic nitrogens is 2. The predicted octanol–water partition coefficient (Wildman–Crippen LogP) is 5.14. The lowest BCUT2D eigenvalue weighted by Gasteiger charge is -2.22. The van der Waals surface area contributed by atoms with Crippen molar-refractivity contribution >= 4 is 16.9 Å². The summed E-state index contributed by atoms with van der Waals surface area (Å²) in [5.41, 5.74) is 1.42. The maximum absolute atomic E-state index is 14.1. The average molecular weight is 549 g/mol. The number of allylic oxidation sites excluding steroid dienone is 1. The topological polar surface area (TPSA) is 99.8 Å². The fourth-order valence-corrected chi connectivity index (χ4v) is 4.74. The molecule has 0 radical (unpaired) electrons. The largest absolute Gasteiger partial charge is 0.497 e. The molecule has 0 atom stereocenters. The van der Waals surface area contributed by atoms with Crippen LogP contribution in [0.3, 0.4) is 0 Å². The van der Waals surface area contributed by atoms with E-state index in [1.807, 2.05) is 60.7 Å². The molecule has 0 aliphatic carbocycles. The zero-order valence-corrected chi connectivity index (χ0v) is 22.3. The van der Waals surface area contributed by atoms with Crippen LogP contribution in [0.4, 0.5) is 0 Å². The molecule has 4 aromatic carbocycles. The molecule has 0 spiro atoms. The Bertz CT molecular complexity index is 1770. The SMILES string of the molecule is COc1ccc2c(=O)n(C(c3ccccc3)c3ccccc3)c(=O)n(C/C=C/COc3ccc(C(=O)O)cc3)c2c1. The third kappa shape index (κ3) is 5.81. The van der Waals surface area contributed by atoms with Crippen molar-refractivity contribution in [3.63, 3.8) is 0 Å². The molecule has 41 heavy (non-hydrogen) atoms. The van der Waals surface area contributed by atoms with E-state index in [1.54, 1.807) is 47.1 Å². The van der Waals surface area contributed by atoms with Crippen molar-refractivity contribution in [1.29, 1.82) is 0 Å². The molecule has 0 bridgehead atoms. The smallest absolute Gasteiger partial charge is 0.335 e. The quantitative estimate of drug-likeness (QED) is 0.243. The third-order valence-corrected chi connectivity index (χ3v) is 6.77. The van der Waals surface area contributed by atoms with Crippen LogP contribution >= 0.6 is 0 Å². The molecule has 1 heterocycles. The molecule has 0 aliphatic heterocycles. The fourth-order valence-electron chi connectivity index (χ4n) is 4.74. The lowest BCUT2D eigenvalue weighted by molar-refractivity contribution is 0.0697.